The van der Waals surface area contributed by atoms with E-state index < -0.39 is 0 Å². The molecule has 2 heteroatoms. The van der Waals surface area contributed by atoms with Crippen LogP contribution in [0.2, 0.25) is 0 Å². The van der Waals surface area contributed by atoms with Crippen LogP contribution in [-0.2, 0) is 6.54 Å². The summed E-state index contributed by atoms with van der Waals surface area (Å²) in [5.74, 6) is 0. The molecule has 1 unspecified atom stereocenters. The largest absolute Gasteiger partial charge is 0.309 e. The molecule has 2 rings (SSSR count). The molecule has 1 atom stereocenters. The molecule has 2 nitrogen and oxygen atoms in total. The fourth-order valence-corrected chi connectivity index (χ4v) is 3.47. The van der Waals surface area contributed by atoms with Gasteiger partial charge in [0.15, 0.2) is 0 Å². The molecule has 0 aliphatic carbocycles. The van der Waals surface area contributed by atoms with Gasteiger partial charge in [-0.2, -0.15) is 0 Å². The van der Waals surface area contributed by atoms with Crippen LogP contribution in [0.3, 0.4) is 0 Å². The molecule has 1 aliphatic rings. The Kier molecular flexibility index (Phi) is 4.55. The monoisotopic (exact) mass is 274 g/mol. The lowest BCUT2D eigenvalue weighted by atomic mass is 9.94. The van der Waals surface area contributed by atoms with Crippen LogP contribution in [0.15, 0.2) is 12.1 Å². The zero-order chi connectivity index (χ0) is 14.9. The van der Waals surface area contributed by atoms with E-state index in [1.165, 1.54) is 28.7 Å². The second-order valence-electron chi connectivity index (χ2n) is 7.11. The van der Waals surface area contributed by atoms with Crippen molar-refractivity contribution in [1.82, 2.24) is 10.2 Å². The summed E-state index contributed by atoms with van der Waals surface area (Å²) < 4.78 is 0. The van der Waals surface area contributed by atoms with Crippen molar-refractivity contribution in [3.63, 3.8) is 0 Å². The van der Waals surface area contributed by atoms with Gasteiger partial charge in [-0.1, -0.05) is 24.6 Å². The third kappa shape index (κ3) is 3.42. The molecule has 0 spiro atoms. The minimum Gasteiger partial charge on any atom is -0.309 e. The quantitative estimate of drug-likeness (QED) is 0.906. The molecule has 1 aromatic carbocycles. The molecule has 1 N–H and O–H groups in total. The Morgan fingerprint density at radius 2 is 1.80 bits per heavy atom. The lowest BCUT2D eigenvalue weighted by molar-refractivity contribution is 0.0855. The van der Waals surface area contributed by atoms with E-state index in [9.17, 15) is 0 Å². The molecule has 0 amide bonds. The number of hydrogen-bond donors (Lipinski definition) is 1. The summed E-state index contributed by atoms with van der Waals surface area (Å²) >= 11 is 0. The number of nitrogens with one attached hydrogen (secondary N) is 1. The number of hydrogen-bond acceptors (Lipinski definition) is 2. The van der Waals surface area contributed by atoms with E-state index in [1.807, 2.05) is 0 Å². The first-order valence-corrected chi connectivity index (χ1v) is 7.88. The Morgan fingerprint density at radius 3 is 2.35 bits per heavy atom. The molecular weight excluding hydrogens is 244 g/mol. The number of benzene rings is 1. The van der Waals surface area contributed by atoms with Gasteiger partial charge in [-0.25, -0.2) is 0 Å². The van der Waals surface area contributed by atoms with E-state index in [-0.39, 0.29) is 5.54 Å². The van der Waals surface area contributed by atoms with Gasteiger partial charge in [-0.15, -0.1) is 0 Å². The van der Waals surface area contributed by atoms with Gasteiger partial charge in [0.05, 0.1) is 0 Å². The van der Waals surface area contributed by atoms with Crippen molar-refractivity contribution in [2.75, 3.05) is 13.1 Å². The molecule has 1 heterocycles. The summed E-state index contributed by atoms with van der Waals surface area (Å²) in [7, 11) is 0. The van der Waals surface area contributed by atoms with Gasteiger partial charge < -0.3 is 5.32 Å². The third-order valence-electron chi connectivity index (χ3n) is 4.60. The fraction of sp³-hybridized carbons (Fsp3) is 0.667. The van der Waals surface area contributed by atoms with Gasteiger partial charge in [0.1, 0.15) is 0 Å². The smallest absolute Gasteiger partial charge is 0.0253 e. The highest BCUT2D eigenvalue weighted by atomic mass is 15.2. The SMILES string of the molecule is CCC1CNC(C)(C)CN1Cc1c(C)cc(C)cc1C. The van der Waals surface area contributed by atoms with E-state index >= 15 is 0 Å². The molecule has 0 radical (unpaired) electrons. The maximum absolute atomic E-state index is 3.67. The topological polar surface area (TPSA) is 15.3 Å². The van der Waals surface area contributed by atoms with E-state index in [1.54, 1.807) is 0 Å². The summed E-state index contributed by atoms with van der Waals surface area (Å²) in [5, 5.41) is 3.67. The lowest BCUT2D eigenvalue weighted by Gasteiger charge is -2.45. The van der Waals surface area contributed by atoms with Crippen molar-refractivity contribution in [3.8, 4) is 0 Å². The summed E-state index contributed by atoms with van der Waals surface area (Å²) in [4.78, 5) is 2.67. The molecular formula is C18H30N2. The molecule has 20 heavy (non-hydrogen) atoms. The second kappa shape index (κ2) is 5.87. The molecule has 1 aliphatic heterocycles. The van der Waals surface area contributed by atoms with E-state index in [2.05, 4.69) is 63.9 Å². The van der Waals surface area contributed by atoms with Gasteiger partial charge in [-0.05, 0) is 57.7 Å². The molecule has 1 fully saturated rings. The average Bonchev–Trinajstić information content (AvgIpc) is 2.33. The van der Waals surface area contributed by atoms with Crippen LogP contribution in [0, 0.1) is 20.8 Å². The van der Waals surface area contributed by atoms with Crippen molar-refractivity contribution in [3.05, 3.63) is 34.4 Å². The number of nitrogens with zero attached hydrogens (tertiary/aromatic N) is 1. The summed E-state index contributed by atoms with van der Waals surface area (Å²) in [6.45, 7) is 16.9. The number of aryl methyl sites for hydroxylation is 3. The minimum atomic E-state index is 0.220. The maximum atomic E-state index is 3.67. The van der Waals surface area contributed by atoms with Crippen LogP contribution in [0.5, 0.6) is 0 Å². The van der Waals surface area contributed by atoms with Crippen molar-refractivity contribution < 1.29 is 0 Å². The first-order chi connectivity index (χ1) is 9.32. The highest BCUT2D eigenvalue weighted by Gasteiger charge is 2.31. The van der Waals surface area contributed by atoms with E-state index in [4.69, 9.17) is 0 Å². The molecule has 0 aromatic heterocycles. The van der Waals surface area contributed by atoms with Crippen LogP contribution in [0.4, 0.5) is 0 Å². The number of rotatable bonds is 3. The summed E-state index contributed by atoms with van der Waals surface area (Å²) in [6.07, 6.45) is 1.22. The standard InChI is InChI=1S/C18H30N2/c1-7-16-10-19-18(5,6)12-20(16)11-17-14(3)8-13(2)9-15(17)4/h8-9,16,19H,7,10-12H2,1-6H3. The molecule has 1 saturated heterocycles. The molecule has 1 aromatic rings. The highest BCUT2D eigenvalue weighted by Crippen LogP contribution is 2.23. The Hall–Kier alpha value is -0.860. The Bertz CT molecular complexity index is 453. The zero-order valence-electron chi connectivity index (χ0n) is 14.0. The first kappa shape index (κ1) is 15.5. The van der Waals surface area contributed by atoms with Gasteiger partial charge >= 0.3 is 0 Å². The normalized spacial score (nSPS) is 23.0. The lowest BCUT2D eigenvalue weighted by Crippen LogP contribution is -2.61. The van der Waals surface area contributed by atoms with Crippen molar-refractivity contribution in [1.29, 1.82) is 0 Å². The van der Waals surface area contributed by atoms with Gasteiger partial charge in [0, 0.05) is 31.2 Å². The Morgan fingerprint density at radius 1 is 1.20 bits per heavy atom. The molecule has 0 saturated carbocycles. The summed E-state index contributed by atoms with van der Waals surface area (Å²) in [5.41, 5.74) is 5.99. The van der Waals surface area contributed by atoms with Gasteiger partial charge in [-0.3, -0.25) is 4.90 Å². The van der Waals surface area contributed by atoms with Crippen LogP contribution in [0.1, 0.15) is 49.4 Å². The fourth-order valence-electron chi connectivity index (χ4n) is 3.47. The predicted octanol–water partition coefficient (Wildman–Crippen LogP) is 3.57. The second-order valence-corrected chi connectivity index (χ2v) is 7.11. The van der Waals surface area contributed by atoms with Crippen molar-refractivity contribution in [2.45, 2.75) is 66.1 Å². The van der Waals surface area contributed by atoms with Gasteiger partial charge in [0.2, 0.25) is 0 Å². The van der Waals surface area contributed by atoms with Crippen LogP contribution >= 0.6 is 0 Å². The maximum Gasteiger partial charge on any atom is 0.0253 e. The van der Waals surface area contributed by atoms with E-state index in [0.29, 0.717) is 6.04 Å². The minimum absolute atomic E-state index is 0.220. The van der Waals surface area contributed by atoms with Crippen molar-refractivity contribution >= 4 is 0 Å². The first-order valence-electron chi connectivity index (χ1n) is 7.88. The average molecular weight is 274 g/mol. The van der Waals surface area contributed by atoms with Gasteiger partial charge in [0.25, 0.3) is 0 Å². The Balaban J connectivity index is 2.23. The Labute approximate surface area is 124 Å². The van der Waals surface area contributed by atoms with Crippen LogP contribution < -0.4 is 5.32 Å². The molecule has 0 bridgehead atoms. The highest BCUT2D eigenvalue weighted by molar-refractivity contribution is 5.37. The van der Waals surface area contributed by atoms with Crippen molar-refractivity contribution in [2.24, 2.45) is 0 Å². The van der Waals surface area contributed by atoms with Crippen LogP contribution in [-0.4, -0.2) is 29.6 Å². The number of piperazine rings is 1. The van der Waals surface area contributed by atoms with Crippen LogP contribution in [0.25, 0.3) is 0 Å². The predicted molar refractivity (Wildman–Crippen MR) is 87.2 cm³/mol. The third-order valence-corrected chi connectivity index (χ3v) is 4.60. The molecule has 112 valence electrons. The van der Waals surface area contributed by atoms with E-state index in [0.717, 1.165) is 19.6 Å². The summed E-state index contributed by atoms with van der Waals surface area (Å²) in [6, 6.07) is 5.29. The zero-order valence-corrected chi connectivity index (χ0v) is 14.0.